The Hall–Kier alpha value is -1.42. The molecule has 0 radical (unpaired) electrons. The molecule has 120 valence electrons. The fourth-order valence-electron chi connectivity index (χ4n) is 3.62. The molecule has 0 aromatic carbocycles. The van der Waals surface area contributed by atoms with Crippen molar-refractivity contribution >= 4 is 5.91 Å². The fraction of sp³-hybridized carbons (Fsp3) is 0.667. The van der Waals surface area contributed by atoms with Crippen molar-refractivity contribution in [2.75, 3.05) is 13.2 Å². The molecule has 1 saturated carbocycles. The molecule has 1 amide bonds. The molecule has 0 unspecified atom stereocenters. The van der Waals surface area contributed by atoms with Gasteiger partial charge < -0.3 is 10.1 Å². The second kappa shape index (κ2) is 7.73. The summed E-state index contributed by atoms with van der Waals surface area (Å²) in [4.78, 5) is 16.6. The van der Waals surface area contributed by atoms with Gasteiger partial charge in [0.25, 0.3) is 0 Å². The van der Waals surface area contributed by atoms with Crippen LogP contribution in [0.15, 0.2) is 24.5 Å². The highest BCUT2D eigenvalue weighted by atomic mass is 16.5. The molecule has 1 aromatic rings. The summed E-state index contributed by atoms with van der Waals surface area (Å²) in [5, 5.41) is 3.27. The zero-order valence-corrected chi connectivity index (χ0v) is 13.2. The van der Waals surface area contributed by atoms with Crippen LogP contribution in [0.3, 0.4) is 0 Å². The van der Waals surface area contributed by atoms with E-state index >= 15 is 0 Å². The maximum absolute atomic E-state index is 12.5. The SMILES string of the molecule is O=C(N[C@H]1COC[C@H]1Cc1ccncc1)C1CCCCCC1. The Bertz CT molecular complexity index is 469. The van der Waals surface area contributed by atoms with E-state index in [-0.39, 0.29) is 17.9 Å². The lowest BCUT2D eigenvalue weighted by atomic mass is 9.93. The number of pyridine rings is 1. The molecule has 0 spiro atoms. The number of carbonyl (C=O) groups is 1. The van der Waals surface area contributed by atoms with Gasteiger partial charge in [-0.2, -0.15) is 0 Å². The molecule has 2 aliphatic rings. The van der Waals surface area contributed by atoms with Gasteiger partial charge in [-0.25, -0.2) is 0 Å². The summed E-state index contributed by atoms with van der Waals surface area (Å²) in [5.74, 6) is 0.832. The number of hydrogen-bond donors (Lipinski definition) is 1. The highest BCUT2D eigenvalue weighted by Gasteiger charge is 2.31. The molecule has 1 aliphatic heterocycles. The van der Waals surface area contributed by atoms with Crippen molar-refractivity contribution in [3.05, 3.63) is 30.1 Å². The second-order valence-corrected chi connectivity index (χ2v) is 6.66. The minimum Gasteiger partial charge on any atom is -0.379 e. The van der Waals surface area contributed by atoms with Gasteiger partial charge in [-0.3, -0.25) is 9.78 Å². The van der Waals surface area contributed by atoms with E-state index in [0.29, 0.717) is 12.5 Å². The maximum Gasteiger partial charge on any atom is 0.223 e. The lowest BCUT2D eigenvalue weighted by Crippen LogP contribution is -2.43. The zero-order valence-electron chi connectivity index (χ0n) is 13.2. The van der Waals surface area contributed by atoms with E-state index in [4.69, 9.17) is 4.74 Å². The van der Waals surface area contributed by atoms with E-state index in [0.717, 1.165) is 25.9 Å². The Morgan fingerprint density at radius 1 is 1.14 bits per heavy atom. The molecule has 0 bridgehead atoms. The third-order valence-corrected chi connectivity index (χ3v) is 5.00. The highest BCUT2D eigenvalue weighted by Crippen LogP contribution is 2.24. The first-order valence-corrected chi connectivity index (χ1v) is 8.60. The van der Waals surface area contributed by atoms with Crippen LogP contribution in [-0.4, -0.2) is 30.1 Å². The van der Waals surface area contributed by atoms with Crippen LogP contribution in [-0.2, 0) is 16.0 Å². The highest BCUT2D eigenvalue weighted by molar-refractivity contribution is 5.79. The summed E-state index contributed by atoms with van der Waals surface area (Å²) in [5.41, 5.74) is 1.26. The summed E-state index contributed by atoms with van der Waals surface area (Å²) in [7, 11) is 0. The van der Waals surface area contributed by atoms with Gasteiger partial charge in [-0.1, -0.05) is 25.7 Å². The Labute approximate surface area is 132 Å². The average molecular weight is 302 g/mol. The minimum absolute atomic E-state index is 0.156. The van der Waals surface area contributed by atoms with Crippen molar-refractivity contribution in [1.29, 1.82) is 0 Å². The molecule has 4 nitrogen and oxygen atoms in total. The van der Waals surface area contributed by atoms with E-state index in [2.05, 4.69) is 10.3 Å². The van der Waals surface area contributed by atoms with Crippen LogP contribution in [0.4, 0.5) is 0 Å². The Balaban J connectivity index is 1.55. The standard InChI is InChI=1S/C18H26N2O2/c21-18(15-5-3-1-2-4-6-15)20-17-13-22-12-16(17)11-14-7-9-19-10-8-14/h7-10,15-17H,1-6,11-13H2,(H,20,21)/t16-,17+/m1/s1. The van der Waals surface area contributed by atoms with Gasteiger partial charge in [0.15, 0.2) is 0 Å². The van der Waals surface area contributed by atoms with Crippen molar-refractivity contribution in [2.45, 2.75) is 51.0 Å². The van der Waals surface area contributed by atoms with E-state index in [1.54, 1.807) is 0 Å². The average Bonchev–Trinajstić information content (AvgIpc) is 2.80. The lowest BCUT2D eigenvalue weighted by molar-refractivity contribution is -0.126. The zero-order chi connectivity index (χ0) is 15.2. The van der Waals surface area contributed by atoms with Gasteiger partial charge in [0.2, 0.25) is 5.91 Å². The maximum atomic E-state index is 12.5. The van der Waals surface area contributed by atoms with Crippen LogP contribution in [0.2, 0.25) is 0 Å². The monoisotopic (exact) mass is 302 g/mol. The minimum atomic E-state index is 0.156. The third kappa shape index (κ3) is 4.07. The Kier molecular flexibility index (Phi) is 5.43. The van der Waals surface area contributed by atoms with Gasteiger partial charge in [-0.15, -0.1) is 0 Å². The van der Waals surface area contributed by atoms with Gasteiger partial charge in [-0.05, 0) is 37.0 Å². The van der Waals surface area contributed by atoms with E-state index in [1.807, 2.05) is 24.5 Å². The molecule has 2 heterocycles. The van der Waals surface area contributed by atoms with E-state index < -0.39 is 0 Å². The van der Waals surface area contributed by atoms with Crippen molar-refractivity contribution in [1.82, 2.24) is 10.3 Å². The largest absolute Gasteiger partial charge is 0.379 e. The predicted molar refractivity (Wildman–Crippen MR) is 85.4 cm³/mol. The van der Waals surface area contributed by atoms with Crippen molar-refractivity contribution in [3.8, 4) is 0 Å². The number of aromatic nitrogens is 1. The van der Waals surface area contributed by atoms with Crippen LogP contribution in [0, 0.1) is 11.8 Å². The normalized spacial score (nSPS) is 26.5. The molecule has 1 aliphatic carbocycles. The summed E-state index contributed by atoms with van der Waals surface area (Å²) in [6.45, 7) is 1.38. The third-order valence-electron chi connectivity index (χ3n) is 5.00. The first-order chi connectivity index (χ1) is 10.8. The van der Waals surface area contributed by atoms with Crippen molar-refractivity contribution in [3.63, 3.8) is 0 Å². The quantitative estimate of drug-likeness (QED) is 0.870. The van der Waals surface area contributed by atoms with Crippen molar-refractivity contribution in [2.24, 2.45) is 11.8 Å². The van der Waals surface area contributed by atoms with Crippen LogP contribution in [0.1, 0.15) is 44.1 Å². The molecule has 2 fully saturated rings. The fourth-order valence-corrected chi connectivity index (χ4v) is 3.62. The first-order valence-electron chi connectivity index (χ1n) is 8.60. The number of carbonyl (C=O) groups excluding carboxylic acids is 1. The van der Waals surface area contributed by atoms with Crippen molar-refractivity contribution < 1.29 is 9.53 Å². The summed E-state index contributed by atoms with van der Waals surface area (Å²) in [6.07, 6.45) is 11.6. The van der Waals surface area contributed by atoms with Gasteiger partial charge >= 0.3 is 0 Å². The summed E-state index contributed by atoms with van der Waals surface area (Å²) >= 11 is 0. The number of nitrogens with zero attached hydrogens (tertiary/aromatic N) is 1. The number of ether oxygens (including phenoxy) is 1. The second-order valence-electron chi connectivity index (χ2n) is 6.66. The molecule has 1 aromatic heterocycles. The van der Waals surface area contributed by atoms with E-state index in [9.17, 15) is 4.79 Å². The smallest absolute Gasteiger partial charge is 0.223 e. The number of rotatable bonds is 4. The number of nitrogens with one attached hydrogen (secondary N) is 1. The predicted octanol–water partition coefficient (Wildman–Crippen LogP) is 2.73. The molecular formula is C18H26N2O2. The molecule has 2 atom stereocenters. The van der Waals surface area contributed by atoms with Crippen LogP contribution in [0.25, 0.3) is 0 Å². The van der Waals surface area contributed by atoms with Gasteiger partial charge in [0, 0.05) is 24.2 Å². The van der Waals surface area contributed by atoms with Gasteiger partial charge in [0.1, 0.15) is 0 Å². The number of hydrogen-bond acceptors (Lipinski definition) is 3. The Morgan fingerprint density at radius 3 is 2.59 bits per heavy atom. The van der Waals surface area contributed by atoms with Crippen LogP contribution >= 0.6 is 0 Å². The van der Waals surface area contributed by atoms with E-state index in [1.165, 1.54) is 31.2 Å². The molecule has 3 rings (SSSR count). The number of amides is 1. The summed E-state index contributed by atoms with van der Waals surface area (Å²) < 4.78 is 5.62. The topological polar surface area (TPSA) is 51.2 Å². The first kappa shape index (κ1) is 15.5. The molecule has 1 N–H and O–H groups in total. The van der Waals surface area contributed by atoms with Gasteiger partial charge in [0.05, 0.1) is 19.3 Å². The molecular weight excluding hydrogens is 276 g/mol. The Morgan fingerprint density at radius 2 is 1.86 bits per heavy atom. The summed E-state index contributed by atoms with van der Waals surface area (Å²) in [6, 6.07) is 4.24. The molecule has 22 heavy (non-hydrogen) atoms. The van der Waals surface area contributed by atoms with Crippen LogP contribution < -0.4 is 5.32 Å². The molecule has 1 saturated heterocycles. The van der Waals surface area contributed by atoms with Crippen LogP contribution in [0.5, 0.6) is 0 Å². The molecule has 4 heteroatoms. The lowest BCUT2D eigenvalue weighted by Gasteiger charge is -2.22.